The fraction of sp³-hybridized carbons (Fsp3) is 0.600. The number of benzene rings is 1. The number of aliphatic hydroxyl groups excluding tert-OH is 1. The molecule has 2 unspecified atom stereocenters. The molecule has 116 valence electrons. The number of ether oxygens (including phenoxy) is 2. The van der Waals surface area contributed by atoms with Gasteiger partial charge in [-0.05, 0) is 38.1 Å². The van der Waals surface area contributed by atoms with Crippen LogP contribution in [-0.2, 0) is 0 Å². The van der Waals surface area contributed by atoms with Crippen molar-refractivity contribution in [3.8, 4) is 11.5 Å². The summed E-state index contributed by atoms with van der Waals surface area (Å²) < 4.78 is 11.4. The van der Waals surface area contributed by atoms with Crippen LogP contribution in [0.25, 0.3) is 0 Å². The molecule has 1 saturated heterocycles. The lowest BCUT2D eigenvalue weighted by Gasteiger charge is -2.31. The SMILES string of the molecule is OC(CNC1CCNCC1)C1COc2ccc(Cl)cc2O1. The van der Waals surface area contributed by atoms with E-state index in [0.717, 1.165) is 25.9 Å². The Hall–Kier alpha value is -1.01. The van der Waals surface area contributed by atoms with Crippen LogP contribution in [0.1, 0.15) is 12.8 Å². The number of fused-ring (bicyclic) bond motifs is 1. The van der Waals surface area contributed by atoms with E-state index < -0.39 is 6.10 Å². The first kappa shape index (κ1) is 14.9. The Bertz CT molecular complexity index is 480. The van der Waals surface area contributed by atoms with Crippen LogP contribution >= 0.6 is 11.6 Å². The van der Waals surface area contributed by atoms with Crippen LogP contribution in [0.15, 0.2) is 18.2 Å². The standard InChI is InChI=1S/C15H21ClN2O3/c16-10-1-2-13-14(7-10)21-15(9-20-13)12(19)8-18-11-3-5-17-6-4-11/h1-2,7,11-12,15,17-19H,3-6,8-9H2. The van der Waals surface area contributed by atoms with Gasteiger partial charge in [0.2, 0.25) is 0 Å². The number of hydrogen-bond acceptors (Lipinski definition) is 5. The molecule has 1 aromatic rings. The number of aliphatic hydroxyl groups is 1. The summed E-state index contributed by atoms with van der Waals surface area (Å²) in [6.45, 7) is 2.92. The summed E-state index contributed by atoms with van der Waals surface area (Å²) in [4.78, 5) is 0. The van der Waals surface area contributed by atoms with Gasteiger partial charge in [0.05, 0.1) is 0 Å². The summed E-state index contributed by atoms with van der Waals surface area (Å²) in [5, 5.41) is 17.6. The van der Waals surface area contributed by atoms with Crippen LogP contribution in [0.4, 0.5) is 0 Å². The molecule has 0 aliphatic carbocycles. The largest absolute Gasteiger partial charge is 0.486 e. The van der Waals surface area contributed by atoms with Gasteiger partial charge in [0, 0.05) is 23.7 Å². The number of nitrogens with one attached hydrogen (secondary N) is 2. The van der Waals surface area contributed by atoms with Crippen molar-refractivity contribution in [1.82, 2.24) is 10.6 Å². The lowest BCUT2D eigenvalue weighted by Crippen LogP contribution is -2.48. The maximum absolute atomic E-state index is 10.3. The van der Waals surface area contributed by atoms with Crippen LogP contribution in [0.5, 0.6) is 11.5 Å². The van der Waals surface area contributed by atoms with E-state index in [-0.39, 0.29) is 6.10 Å². The van der Waals surface area contributed by atoms with E-state index >= 15 is 0 Å². The number of halogens is 1. The van der Waals surface area contributed by atoms with E-state index in [1.54, 1.807) is 18.2 Å². The predicted molar refractivity (Wildman–Crippen MR) is 81.3 cm³/mol. The minimum Gasteiger partial charge on any atom is -0.486 e. The minimum absolute atomic E-state index is 0.351. The van der Waals surface area contributed by atoms with Gasteiger partial charge in [0.1, 0.15) is 12.7 Å². The van der Waals surface area contributed by atoms with Crippen molar-refractivity contribution < 1.29 is 14.6 Å². The van der Waals surface area contributed by atoms with Crippen LogP contribution < -0.4 is 20.1 Å². The topological polar surface area (TPSA) is 62.8 Å². The Kier molecular flexibility index (Phi) is 4.85. The summed E-state index contributed by atoms with van der Waals surface area (Å²) in [7, 11) is 0. The van der Waals surface area contributed by atoms with E-state index in [4.69, 9.17) is 21.1 Å². The average molecular weight is 313 g/mol. The van der Waals surface area contributed by atoms with E-state index in [1.165, 1.54) is 0 Å². The van der Waals surface area contributed by atoms with Gasteiger partial charge in [-0.2, -0.15) is 0 Å². The van der Waals surface area contributed by atoms with Gasteiger partial charge in [0.25, 0.3) is 0 Å². The summed E-state index contributed by atoms with van der Waals surface area (Å²) in [5.74, 6) is 1.27. The summed E-state index contributed by atoms with van der Waals surface area (Å²) in [6.07, 6.45) is 1.21. The molecule has 0 spiro atoms. The summed E-state index contributed by atoms with van der Waals surface area (Å²) in [5.41, 5.74) is 0. The fourth-order valence-electron chi connectivity index (χ4n) is 2.70. The third kappa shape index (κ3) is 3.80. The zero-order chi connectivity index (χ0) is 14.7. The normalized spacial score (nSPS) is 23.8. The van der Waals surface area contributed by atoms with Gasteiger partial charge in [-0.15, -0.1) is 0 Å². The second-order valence-electron chi connectivity index (χ2n) is 5.56. The second kappa shape index (κ2) is 6.83. The van der Waals surface area contributed by atoms with Gasteiger partial charge in [0.15, 0.2) is 17.6 Å². The smallest absolute Gasteiger partial charge is 0.163 e. The van der Waals surface area contributed by atoms with Crippen LogP contribution in [0, 0.1) is 0 Å². The molecule has 2 aliphatic heterocycles. The lowest BCUT2D eigenvalue weighted by molar-refractivity contribution is -0.0105. The Morgan fingerprint density at radius 1 is 1.33 bits per heavy atom. The quantitative estimate of drug-likeness (QED) is 0.779. The van der Waals surface area contributed by atoms with Crippen molar-refractivity contribution in [2.24, 2.45) is 0 Å². The van der Waals surface area contributed by atoms with Crippen molar-refractivity contribution in [2.75, 3.05) is 26.2 Å². The maximum Gasteiger partial charge on any atom is 0.163 e. The van der Waals surface area contributed by atoms with Gasteiger partial charge >= 0.3 is 0 Å². The van der Waals surface area contributed by atoms with Crippen LogP contribution in [0.2, 0.25) is 5.02 Å². The number of hydrogen-bond donors (Lipinski definition) is 3. The highest BCUT2D eigenvalue weighted by atomic mass is 35.5. The summed E-state index contributed by atoms with van der Waals surface area (Å²) >= 11 is 5.95. The second-order valence-corrected chi connectivity index (χ2v) is 5.99. The van der Waals surface area contributed by atoms with Crippen molar-refractivity contribution in [3.05, 3.63) is 23.2 Å². The monoisotopic (exact) mass is 312 g/mol. The van der Waals surface area contributed by atoms with Gasteiger partial charge in [-0.1, -0.05) is 11.6 Å². The Labute approximate surface area is 129 Å². The maximum atomic E-state index is 10.3. The molecule has 1 aromatic carbocycles. The van der Waals surface area contributed by atoms with E-state index in [1.807, 2.05) is 0 Å². The highest BCUT2D eigenvalue weighted by molar-refractivity contribution is 6.30. The molecule has 0 radical (unpaired) electrons. The van der Waals surface area contributed by atoms with Gasteiger partial charge in [-0.25, -0.2) is 0 Å². The lowest BCUT2D eigenvalue weighted by atomic mass is 10.1. The van der Waals surface area contributed by atoms with Crippen LogP contribution in [0.3, 0.4) is 0 Å². The molecular formula is C15H21ClN2O3. The predicted octanol–water partition coefficient (Wildman–Crippen LogP) is 1.18. The molecule has 2 heterocycles. The Balaban J connectivity index is 1.52. The molecule has 6 heteroatoms. The van der Waals surface area contributed by atoms with Crippen molar-refractivity contribution >= 4 is 11.6 Å². The Morgan fingerprint density at radius 2 is 2.14 bits per heavy atom. The first-order valence-electron chi connectivity index (χ1n) is 7.43. The third-order valence-corrected chi connectivity index (χ3v) is 4.21. The highest BCUT2D eigenvalue weighted by Crippen LogP contribution is 2.34. The van der Waals surface area contributed by atoms with E-state index in [9.17, 15) is 5.11 Å². The molecule has 2 aliphatic rings. The number of piperidine rings is 1. The van der Waals surface area contributed by atoms with Gasteiger partial charge in [-0.3, -0.25) is 0 Å². The molecular weight excluding hydrogens is 292 g/mol. The first-order chi connectivity index (χ1) is 10.2. The Morgan fingerprint density at radius 3 is 2.95 bits per heavy atom. The molecule has 3 rings (SSSR count). The summed E-state index contributed by atoms with van der Waals surface area (Å²) in [6, 6.07) is 5.73. The van der Waals surface area contributed by atoms with Crippen molar-refractivity contribution in [1.29, 1.82) is 0 Å². The first-order valence-corrected chi connectivity index (χ1v) is 7.81. The fourth-order valence-corrected chi connectivity index (χ4v) is 2.86. The molecule has 0 amide bonds. The minimum atomic E-state index is -0.605. The molecule has 2 atom stereocenters. The van der Waals surface area contributed by atoms with E-state index in [0.29, 0.717) is 35.7 Å². The molecule has 0 saturated carbocycles. The number of rotatable bonds is 4. The molecule has 21 heavy (non-hydrogen) atoms. The van der Waals surface area contributed by atoms with E-state index in [2.05, 4.69) is 10.6 Å². The third-order valence-electron chi connectivity index (χ3n) is 3.97. The zero-order valence-electron chi connectivity index (χ0n) is 11.8. The van der Waals surface area contributed by atoms with Crippen molar-refractivity contribution in [2.45, 2.75) is 31.1 Å². The molecule has 0 aromatic heterocycles. The van der Waals surface area contributed by atoms with Crippen LogP contribution in [-0.4, -0.2) is 49.6 Å². The molecule has 3 N–H and O–H groups in total. The zero-order valence-corrected chi connectivity index (χ0v) is 12.6. The van der Waals surface area contributed by atoms with Crippen molar-refractivity contribution in [3.63, 3.8) is 0 Å². The van der Waals surface area contributed by atoms with Gasteiger partial charge < -0.3 is 25.2 Å². The highest BCUT2D eigenvalue weighted by Gasteiger charge is 2.28. The average Bonchev–Trinajstić information content (AvgIpc) is 2.53. The molecule has 0 bridgehead atoms. The molecule has 1 fully saturated rings. The molecule has 5 nitrogen and oxygen atoms in total.